The third-order valence-corrected chi connectivity index (χ3v) is 4.05. The monoisotopic (exact) mass is 280 g/mol. The minimum Gasteiger partial charge on any atom is -0.342 e. The van der Waals surface area contributed by atoms with Crippen LogP contribution in [0.25, 0.3) is 0 Å². The Kier molecular flexibility index (Phi) is 3.70. The van der Waals surface area contributed by atoms with Crippen molar-refractivity contribution in [3.63, 3.8) is 0 Å². The fourth-order valence-electron chi connectivity index (χ4n) is 3.01. The second kappa shape index (κ2) is 5.48. The summed E-state index contributed by atoms with van der Waals surface area (Å²) in [7, 11) is 0. The normalized spacial score (nSPS) is 20.2. The number of amides is 1. The predicted octanol–water partition coefficient (Wildman–Crippen LogP) is 2.02. The van der Waals surface area contributed by atoms with Crippen molar-refractivity contribution in [3.05, 3.63) is 35.4 Å². The SMILES string of the molecule is O=C(C1CN(Cc2cc(F)cc(F)c2)C1)N1CCCC1. The van der Waals surface area contributed by atoms with Crippen molar-refractivity contribution in [2.24, 2.45) is 5.92 Å². The van der Waals surface area contributed by atoms with Crippen LogP contribution in [0.4, 0.5) is 8.78 Å². The van der Waals surface area contributed by atoms with Gasteiger partial charge in [0.05, 0.1) is 5.92 Å². The molecule has 1 amide bonds. The van der Waals surface area contributed by atoms with E-state index in [0.29, 0.717) is 25.2 Å². The molecule has 0 aromatic heterocycles. The van der Waals surface area contributed by atoms with Gasteiger partial charge in [-0.1, -0.05) is 0 Å². The molecule has 0 spiro atoms. The molecule has 2 aliphatic heterocycles. The van der Waals surface area contributed by atoms with Gasteiger partial charge < -0.3 is 4.90 Å². The maximum atomic E-state index is 13.1. The number of carbonyl (C=O) groups is 1. The Bertz CT molecular complexity index is 488. The highest BCUT2D eigenvalue weighted by molar-refractivity contribution is 5.80. The molecule has 2 saturated heterocycles. The van der Waals surface area contributed by atoms with E-state index >= 15 is 0 Å². The Morgan fingerprint density at radius 2 is 1.70 bits per heavy atom. The van der Waals surface area contributed by atoms with Gasteiger partial charge in [0, 0.05) is 38.8 Å². The fourth-order valence-corrected chi connectivity index (χ4v) is 3.01. The Labute approximate surface area is 117 Å². The Morgan fingerprint density at radius 3 is 2.30 bits per heavy atom. The van der Waals surface area contributed by atoms with Crippen molar-refractivity contribution in [1.82, 2.24) is 9.80 Å². The maximum absolute atomic E-state index is 13.1. The van der Waals surface area contributed by atoms with Gasteiger partial charge in [0.2, 0.25) is 5.91 Å². The van der Waals surface area contributed by atoms with Gasteiger partial charge in [-0.25, -0.2) is 8.78 Å². The summed E-state index contributed by atoms with van der Waals surface area (Å²) in [6, 6.07) is 3.57. The molecular formula is C15H18F2N2O. The molecule has 5 heteroatoms. The van der Waals surface area contributed by atoms with Gasteiger partial charge in [-0.2, -0.15) is 0 Å². The van der Waals surface area contributed by atoms with Crippen molar-refractivity contribution in [3.8, 4) is 0 Å². The fraction of sp³-hybridized carbons (Fsp3) is 0.533. The lowest BCUT2D eigenvalue weighted by Crippen LogP contribution is -2.53. The lowest BCUT2D eigenvalue weighted by molar-refractivity contribution is -0.140. The summed E-state index contributed by atoms with van der Waals surface area (Å²) in [5.74, 6) is -0.800. The zero-order valence-electron chi connectivity index (χ0n) is 11.3. The minimum atomic E-state index is -0.551. The Balaban J connectivity index is 1.51. The van der Waals surface area contributed by atoms with E-state index in [1.807, 2.05) is 9.80 Å². The molecule has 20 heavy (non-hydrogen) atoms. The first-order valence-electron chi connectivity index (χ1n) is 7.08. The standard InChI is InChI=1S/C15H18F2N2O/c16-13-5-11(6-14(17)7-13)8-18-9-12(10-18)15(20)19-3-1-2-4-19/h5-7,12H,1-4,8-10H2. The lowest BCUT2D eigenvalue weighted by atomic mass is 9.97. The molecule has 108 valence electrons. The molecule has 0 bridgehead atoms. The zero-order chi connectivity index (χ0) is 14.1. The molecule has 2 heterocycles. The predicted molar refractivity (Wildman–Crippen MR) is 70.9 cm³/mol. The van der Waals surface area contributed by atoms with Crippen LogP contribution in [-0.2, 0) is 11.3 Å². The average molecular weight is 280 g/mol. The third-order valence-electron chi connectivity index (χ3n) is 4.05. The molecule has 1 aromatic rings. The van der Waals surface area contributed by atoms with Crippen molar-refractivity contribution in [2.75, 3.05) is 26.2 Å². The maximum Gasteiger partial charge on any atom is 0.228 e. The van der Waals surface area contributed by atoms with Crippen LogP contribution in [0.1, 0.15) is 18.4 Å². The Hall–Kier alpha value is -1.49. The molecular weight excluding hydrogens is 262 g/mol. The van der Waals surface area contributed by atoms with Crippen LogP contribution in [0.2, 0.25) is 0 Å². The van der Waals surface area contributed by atoms with E-state index in [0.717, 1.165) is 32.0 Å². The first kappa shape index (κ1) is 13.5. The number of halogens is 2. The third kappa shape index (κ3) is 2.82. The molecule has 2 fully saturated rings. The molecule has 1 aromatic carbocycles. The van der Waals surface area contributed by atoms with Gasteiger partial charge in [-0.15, -0.1) is 0 Å². The largest absolute Gasteiger partial charge is 0.342 e. The summed E-state index contributed by atoms with van der Waals surface area (Å²) in [5.41, 5.74) is 0.620. The quantitative estimate of drug-likeness (QED) is 0.845. The number of benzene rings is 1. The highest BCUT2D eigenvalue weighted by atomic mass is 19.1. The summed E-state index contributed by atoms with van der Waals surface area (Å²) in [5, 5.41) is 0. The molecule has 0 radical (unpaired) electrons. The van der Waals surface area contributed by atoms with E-state index in [1.54, 1.807) is 0 Å². The molecule has 0 atom stereocenters. The van der Waals surface area contributed by atoms with Crippen LogP contribution in [0.15, 0.2) is 18.2 Å². The summed E-state index contributed by atoms with van der Waals surface area (Å²) < 4.78 is 26.2. The lowest BCUT2D eigenvalue weighted by Gasteiger charge is -2.40. The van der Waals surface area contributed by atoms with E-state index in [9.17, 15) is 13.6 Å². The van der Waals surface area contributed by atoms with Gasteiger partial charge in [0.25, 0.3) is 0 Å². The van der Waals surface area contributed by atoms with E-state index < -0.39 is 11.6 Å². The first-order chi connectivity index (χ1) is 9.61. The Morgan fingerprint density at radius 1 is 1.10 bits per heavy atom. The van der Waals surface area contributed by atoms with Gasteiger partial charge in [-0.05, 0) is 30.5 Å². The van der Waals surface area contributed by atoms with E-state index in [1.165, 1.54) is 12.1 Å². The topological polar surface area (TPSA) is 23.6 Å². The van der Waals surface area contributed by atoms with Crippen molar-refractivity contribution >= 4 is 5.91 Å². The molecule has 2 aliphatic rings. The van der Waals surface area contributed by atoms with Crippen LogP contribution in [0, 0.1) is 17.6 Å². The molecule has 3 nitrogen and oxygen atoms in total. The molecule has 0 aliphatic carbocycles. The highest BCUT2D eigenvalue weighted by Gasteiger charge is 2.35. The smallest absolute Gasteiger partial charge is 0.228 e. The summed E-state index contributed by atoms with van der Waals surface area (Å²) in [6.07, 6.45) is 2.20. The van der Waals surface area contributed by atoms with Gasteiger partial charge in [0.1, 0.15) is 11.6 Å². The second-order valence-electron chi connectivity index (χ2n) is 5.70. The van der Waals surface area contributed by atoms with E-state index in [2.05, 4.69) is 0 Å². The van der Waals surface area contributed by atoms with Crippen LogP contribution in [0.3, 0.4) is 0 Å². The number of hydrogen-bond donors (Lipinski definition) is 0. The number of carbonyl (C=O) groups excluding carboxylic acids is 1. The number of likely N-dealkylation sites (tertiary alicyclic amines) is 2. The number of rotatable bonds is 3. The molecule has 0 unspecified atom stereocenters. The first-order valence-corrected chi connectivity index (χ1v) is 7.08. The van der Waals surface area contributed by atoms with Gasteiger partial charge in [-0.3, -0.25) is 9.69 Å². The summed E-state index contributed by atoms with van der Waals surface area (Å²) in [6.45, 7) is 3.63. The minimum absolute atomic E-state index is 0.0616. The van der Waals surface area contributed by atoms with E-state index in [-0.39, 0.29) is 11.8 Å². The summed E-state index contributed by atoms with van der Waals surface area (Å²) >= 11 is 0. The zero-order valence-corrected chi connectivity index (χ0v) is 11.3. The average Bonchev–Trinajstić information content (AvgIpc) is 2.85. The molecule has 0 N–H and O–H groups in total. The van der Waals surface area contributed by atoms with Crippen LogP contribution in [0.5, 0.6) is 0 Å². The number of nitrogens with zero attached hydrogens (tertiary/aromatic N) is 2. The van der Waals surface area contributed by atoms with Crippen molar-refractivity contribution in [2.45, 2.75) is 19.4 Å². The van der Waals surface area contributed by atoms with Crippen LogP contribution < -0.4 is 0 Å². The van der Waals surface area contributed by atoms with Gasteiger partial charge >= 0.3 is 0 Å². The summed E-state index contributed by atoms with van der Waals surface area (Å²) in [4.78, 5) is 16.1. The number of hydrogen-bond acceptors (Lipinski definition) is 2. The van der Waals surface area contributed by atoms with Crippen molar-refractivity contribution < 1.29 is 13.6 Å². The van der Waals surface area contributed by atoms with Crippen molar-refractivity contribution in [1.29, 1.82) is 0 Å². The molecule has 3 rings (SSSR count). The van der Waals surface area contributed by atoms with Gasteiger partial charge in [0.15, 0.2) is 0 Å². The highest BCUT2D eigenvalue weighted by Crippen LogP contribution is 2.23. The van der Waals surface area contributed by atoms with Crippen LogP contribution in [-0.4, -0.2) is 41.9 Å². The van der Waals surface area contributed by atoms with Crippen LogP contribution >= 0.6 is 0 Å². The second-order valence-corrected chi connectivity index (χ2v) is 5.70. The van der Waals surface area contributed by atoms with E-state index in [4.69, 9.17) is 0 Å². The molecule has 0 saturated carbocycles.